The summed E-state index contributed by atoms with van der Waals surface area (Å²) in [4.78, 5) is 2.01. The van der Waals surface area contributed by atoms with Crippen molar-refractivity contribution in [3.63, 3.8) is 0 Å². The normalized spacial score (nSPS) is 28.1. The van der Waals surface area contributed by atoms with Crippen LogP contribution in [-0.4, -0.2) is 43.5 Å². The van der Waals surface area contributed by atoms with Crippen LogP contribution in [0.4, 0.5) is 8.78 Å². The summed E-state index contributed by atoms with van der Waals surface area (Å²) >= 11 is 0. The second-order valence-electron chi connectivity index (χ2n) is 5.10. The highest BCUT2D eigenvalue weighted by Gasteiger charge is 2.31. The highest BCUT2D eigenvalue weighted by molar-refractivity contribution is 5.85. The monoisotopic (exact) mass is 268 g/mol. The number of nitrogens with zero attached hydrogens (tertiary/aromatic N) is 1. The van der Waals surface area contributed by atoms with Crippen LogP contribution in [0.2, 0.25) is 0 Å². The number of nitrogens with one attached hydrogen (secondary N) is 1. The smallest absolute Gasteiger partial charge is 0.255 e. The van der Waals surface area contributed by atoms with Crippen LogP contribution in [0.25, 0.3) is 0 Å². The van der Waals surface area contributed by atoms with Crippen molar-refractivity contribution >= 4 is 12.4 Å². The molecule has 5 heteroatoms. The average Bonchev–Trinajstić information content (AvgIpc) is 2.31. The molecule has 0 bridgehead atoms. The fourth-order valence-electron chi connectivity index (χ4n) is 2.94. The Labute approximate surface area is 109 Å². The van der Waals surface area contributed by atoms with E-state index in [1.165, 1.54) is 32.1 Å². The van der Waals surface area contributed by atoms with Gasteiger partial charge in [-0.15, -0.1) is 12.4 Å². The molecule has 1 N–H and O–H groups in total. The predicted molar refractivity (Wildman–Crippen MR) is 68.1 cm³/mol. The molecule has 0 amide bonds. The van der Waals surface area contributed by atoms with Gasteiger partial charge in [0.05, 0.1) is 6.04 Å². The molecule has 2 rings (SSSR count). The Bertz CT molecular complexity index is 211. The highest BCUT2D eigenvalue weighted by Crippen LogP contribution is 2.26. The second kappa shape index (κ2) is 7.49. The lowest BCUT2D eigenvalue weighted by molar-refractivity contribution is 0.00246. The first-order chi connectivity index (χ1) is 7.77. The zero-order valence-electron chi connectivity index (χ0n) is 10.2. The van der Waals surface area contributed by atoms with Crippen molar-refractivity contribution < 1.29 is 8.78 Å². The molecule has 1 aliphatic carbocycles. The Morgan fingerprint density at radius 1 is 1.18 bits per heavy atom. The van der Waals surface area contributed by atoms with Crippen molar-refractivity contribution in [3.05, 3.63) is 0 Å². The molecule has 0 aromatic carbocycles. The minimum absolute atomic E-state index is 0. The van der Waals surface area contributed by atoms with Crippen molar-refractivity contribution in [1.29, 1.82) is 0 Å². The van der Waals surface area contributed by atoms with Crippen LogP contribution in [0.3, 0.4) is 0 Å². The molecule has 0 aromatic rings. The van der Waals surface area contributed by atoms with Gasteiger partial charge < -0.3 is 5.32 Å². The first kappa shape index (κ1) is 15.1. The van der Waals surface area contributed by atoms with Crippen LogP contribution in [-0.2, 0) is 0 Å². The minimum Gasteiger partial charge on any atom is -0.314 e. The molecule has 2 aliphatic rings. The topological polar surface area (TPSA) is 15.3 Å². The summed E-state index contributed by atoms with van der Waals surface area (Å²) in [6.07, 6.45) is 4.17. The van der Waals surface area contributed by atoms with E-state index in [4.69, 9.17) is 0 Å². The van der Waals surface area contributed by atoms with Gasteiger partial charge in [0.2, 0.25) is 0 Å². The van der Waals surface area contributed by atoms with E-state index in [9.17, 15) is 8.78 Å². The zero-order chi connectivity index (χ0) is 11.4. The zero-order valence-corrected chi connectivity index (χ0v) is 11.0. The van der Waals surface area contributed by atoms with Gasteiger partial charge in [-0.3, -0.25) is 4.90 Å². The molecule has 1 unspecified atom stereocenters. The molecule has 17 heavy (non-hydrogen) atoms. The van der Waals surface area contributed by atoms with Crippen LogP contribution in [0.15, 0.2) is 0 Å². The molecular weight excluding hydrogens is 246 g/mol. The number of piperazine rings is 1. The SMILES string of the molecule is Cl.FC(F)C1CNCCN1CC1CCCCC1. The van der Waals surface area contributed by atoms with Crippen molar-refractivity contribution in [2.75, 3.05) is 26.2 Å². The molecule has 0 aromatic heterocycles. The Hall–Kier alpha value is 0.0700. The summed E-state index contributed by atoms with van der Waals surface area (Å²) in [7, 11) is 0. The van der Waals surface area contributed by atoms with E-state index < -0.39 is 12.5 Å². The molecule has 1 heterocycles. The third kappa shape index (κ3) is 4.34. The molecule has 0 radical (unpaired) electrons. The molecule has 1 saturated heterocycles. The Morgan fingerprint density at radius 2 is 1.88 bits per heavy atom. The Balaban J connectivity index is 0.00000144. The van der Waals surface area contributed by atoms with Crippen LogP contribution in [0.5, 0.6) is 0 Å². The van der Waals surface area contributed by atoms with Crippen LogP contribution in [0.1, 0.15) is 32.1 Å². The van der Waals surface area contributed by atoms with Crippen LogP contribution in [0, 0.1) is 5.92 Å². The quantitative estimate of drug-likeness (QED) is 0.846. The van der Waals surface area contributed by atoms with E-state index in [1.807, 2.05) is 4.90 Å². The third-order valence-corrected chi connectivity index (χ3v) is 3.91. The lowest BCUT2D eigenvalue weighted by atomic mass is 9.88. The van der Waals surface area contributed by atoms with Gasteiger partial charge in [0.15, 0.2) is 0 Å². The van der Waals surface area contributed by atoms with Gasteiger partial charge in [0, 0.05) is 26.2 Å². The van der Waals surface area contributed by atoms with Gasteiger partial charge >= 0.3 is 0 Å². The van der Waals surface area contributed by atoms with E-state index >= 15 is 0 Å². The maximum absolute atomic E-state index is 12.8. The Morgan fingerprint density at radius 3 is 2.53 bits per heavy atom. The maximum atomic E-state index is 12.8. The van der Waals surface area contributed by atoms with Gasteiger partial charge in [-0.05, 0) is 18.8 Å². The van der Waals surface area contributed by atoms with Crippen molar-refractivity contribution in [2.24, 2.45) is 5.92 Å². The standard InChI is InChI=1S/C12H22F2N2.ClH/c13-12(14)11-8-15-6-7-16(11)9-10-4-2-1-3-5-10;/h10-12,15H,1-9H2;1H. The van der Waals surface area contributed by atoms with Crippen molar-refractivity contribution in [2.45, 2.75) is 44.6 Å². The molecule has 0 spiro atoms. The van der Waals surface area contributed by atoms with Crippen molar-refractivity contribution in [1.82, 2.24) is 10.2 Å². The first-order valence-corrected chi connectivity index (χ1v) is 6.50. The predicted octanol–water partition coefficient (Wildman–Crippen LogP) is 2.53. The van der Waals surface area contributed by atoms with Crippen LogP contribution < -0.4 is 5.32 Å². The minimum atomic E-state index is -2.21. The summed E-state index contributed by atoms with van der Waals surface area (Å²) in [6.45, 7) is 2.97. The number of hydrogen-bond acceptors (Lipinski definition) is 2. The van der Waals surface area contributed by atoms with Gasteiger partial charge in [-0.1, -0.05) is 19.3 Å². The number of hydrogen-bond donors (Lipinski definition) is 1. The highest BCUT2D eigenvalue weighted by atomic mass is 35.5. The first-order valence-electron chi connectivity index (χ1n) is 6.50. The summed E-state index contributed by atoms with van der Waals surface area (Å²) in [6, 6.07) is -0.560. The average molecular weight is 269 g/mol. The summed E-state index contributed by atoms with van der Waals surface area (Å²) < 4.78 is 25.7. The molecule has 2 nitrogen and oxygen atoms in total. The Kier molecular flexibility index (Phi) is 6.67. The lowest BCUT2D eigenvalue weighted by Gasteiger charge is -2.38. The number of halogens is 3. The van der Waals surface area contributed by atoms with E-state index in [2.05, 4.69) is 5.32 Å². The van der Waals surface area contributed by atoms with E-state index in [-0.39, 0.29) is 12.4 Å². The fourth-order valence-corrected chi connectivity index (χ4v) is 2.94. The molecule has 1 atom stereocenters. The summed E-state index contributed by atoms with van der Waals surface area (Å²) in [5.41, 5.74) is 0. The van der Waals surface area contributed by atoms with Gasteiger partial charge in [0.1, 0.15) is 0 Å². The number of alkyl halides is 2. The molecule has 102 valence electrons. The van der Waals surface area contributed by atoms with E-state index in [1.54, 1.807) is 0 Å². The third-order valence-electron chi connectivity index (χ3n) is 3.91. The number of rotatable bonds is 3. The fraction of sp³-hybridized carbons (Fsp3) is 1.00. The van der Waals surface area contributed by atoms with Crippen molar-refractivity contribution in [3.8, 4) is 0 Å². The lowest BCUT2D eigenvalue weighted by Crippen LogP contribution is -2.55. The van der Waals surface area contributed by atoms with E-state index in [0.29, 0.717) is 12.5 Å². The second-order valence-corrected chi connectivity index (χ2v) is 5.10. The summed E-state index contributed by atoms with van der Waals surface area (Å²) in [5.74, 6) is 0.660. The summed E-state index contributed by atoms with van der Waals surface area (Å²) in [5, 5.41) is 3.06. The molecule has 1 saturated carbocycles. The molecule has 1 aliphatic heterocycles. The molecule has 2 fully saturated rings. The van der Waals surface area contributed by atoms with Gasteiger partial charge in [-0.25, -0.2) is 8.78 Å². The maximum Gasteiger partial charge on any atom is 0.255 e. The van der Waals surface area contributed by atoms with E-state index in [0.717, 1.165) is 19.6 Å². The molecular formula is C12H23ClF2N2. The van der Waals surface area contributed by atoms with Gasteiger partial charge in [0.25, 0.3) is 6.43 Å². The largest absolute Gasteiger partial charge is 0.314 e. The van der Waals surface area contributed by atoms with Crippen LogP contribution >= 0.6 is 12.4 Å². The van der Waals surface area contributed by atoms with Gasteiger partial charge in [-0.2, -0.15) is 0 Å².